The lowest BCUT2D eigenvalue weighted by molar-refractivity contribution is -0.118. The number of thioether (sulfide) groups is 1. The average molecular weight is 374 g/mol. The molecule has 1 amide bonds. The monoisotopic (exact) mass is 373 g/mol. The maximum atomic E-state index is 12.1. The molecule has 5 nitrogen and oxygen atoms in total. The average Bonchev–Trinajstić information content (AvgIpc) is 3.01. The number of ether oxygens (including phenoxy) is 1. The molecular formula is C18H19N3O2S2. The topological polar surface area (TPSA) is 64.1 Å². The van der Waals surface area contributed by atoms with Crippen LogP contribution < -0.4 is 10.1 Å². The van der Waals surface area contributed by atoms with E-state index in [1.54, 1.807) is 17.5 Å². The zero-order valence-electron chi connectivity index (χ0n) is 14.1. The van der Waals surface area contributed by atoms with Gasteiger partial charge in [-0.25, -0.2) is 9.97 Å². The van der Waals surface area contributed by atoms with Crippen molar-refractivity contribution in [3.05, 3.63) is 48.2 Å². The van der Waals surface area contributed by atoms with E-state index in [0.29, 0.717) is 18.2 Å². The predicted molar refractivity (Wildman–Crippen MR) is 102 cm³/mol. The number of pyridine rings is 1. The largest absolute Gasteiger partial charge is 0.475 e. The molecule has 130 valence electrons. The summed E-state index contributed by atoms with van der Waals surface area (Å²) >= 11 is 3.06. The first-order valence-electron chi connectivity index (χ1n) is 7.97. The van der Waals surface area contributed by atoms with E-state index < -0.39 is 0 Å². The Morgan fingerprint density at radius 2 is 2.12 bits per heavy atom. The van der Waals surface area contributed by atoms with Gasteiger partial charge in [0, 0.05) is 18.3 Å². The molecule has 0 spiro atoms. The number of carbonyl (C=O) groups is 1. The predicted octanol–water partition coefficient (Wildman–Crippen LogP) is 3.89. The maximum Gasteiger partial charge on any atom is 0.230 e. The number of carbonyl (C=O) groups excluding carboxylic acids is 1. The van der Waals surface area contributed by atoms with E-state index in [-0.39, 0.29) is 12.0 Å². The second-order valence-electron chi connectivity index (χ2n) is 5.65. The van der Waals surface area contributed by atoms with Crippen LogP contribution in [0.5, 0.6) is 5.88 Å². The minimum absolute atomic E-state index is 0.0383. The van der Waals surface area contributed by atoms with Gasteiger partial charge in [0.2, 0.25) is 11.8 Å². The van der Waals surface area contributed by atoms with Crippen molar-refractivity contribution >= 4 is 39.2 Å². The summed E-state index contributed by atoms with van der Waals surface area (Å²) in [5.74, 6) is 0.862. The maximum absolute atomic E-state index is 12.1. The van der Waals surface area contributed by atoms with E-state index in [1.807, 2.05) is 50.2 Å². The minimum atomic E-state index is -0.0383. The van der Waals surface area contributed by atoms with Crippen molar-refractivity contribution in [1.82, 2.24) is 15.3 Å². The highest BCUT2D eigenvalue weighted by atomic mass is 32.2. The second kappa shape index (κ2) is 8.31. The lowest BCUT2D eigenvalue weighted by Crippen LogP contribution is -2.25. The molecule has 0 bridgehead atoms. The van der Waals surface area contributed by atoms with Gasteiger partial charge < -0.3 is 10.1 Å². The van der Waals surface area contributed by atoms with Crippen LogP contribution in [0.1, 0.15) is 19.4 Å². The summed E-state index contributed by atoms with van der Waals surface area (Å²) in [5, 5.41) is 2.91. The number of aromatic nitrogens is 2. The number of fused-ring (bicyclic) bond motifs is 1. The Bertz CT molecular complexity index is 831. The van der Waals surface area contributed by atoms with Gasteiger partial charge in [0.15, 0.2) is 4.34 Å². The SMILES string of the molecule is CC(C)Oc1ncccc1CNC(=O)CSc1nc2ccccc2s1. The quantitative estimate of drug-likeness (QED) is 0.637. The molecule has 0 atom stereocenters. The number of hydrogen-bond acceptors (Lipinski definition) is 6. The molecule has 0 fully saturated rings. The van der Waals surface area contributed by atoms with Crippen LogP contribution >= 0.6 is 23.1 Å². The summed E-state index contributed by atoms with van der Waals surface area (Å²) in [6.45, 7) is 4.30. The summed E-state index contributed by atoms with van der Waals surface area (Å²) in [6.07, 6.45) is 1.73. The van der Waals surface area contributed by atoms with E-state index in [4.69, 9.17) is 4.74 Å². The highest BCUT2D eigenvalue weighted by molar-refractivity contribution is 8.01. The Hall–Kier alpha value is -2.12. The van der Waals surface area contributed by atoms with Crippen LogP contribution in [0.3, 0.4) is 0 Å². The molecule has 0 saturated carbocycles. The first kappa shape index (κ1) is 17.7. The third kappa shape index (κ3) is 4.93. The van der Waals surface area contributed by atoms with Gasteiger partial charge in [-0.05, 0) is 32.0 Å². The number of benzene rings is 1. The number of thiazole rings is 1. The van der Waals surface area contributed by atoms with E-state index in [9.17, 15) is 4.79 Å². The van der Waals surface area contributed by atoms with Crippen molar-refractivity contribution in [3.63, 3.8) is 0 Å². The molecule has 1 aromatic carbocycles. The Morgan fingerprint density at radius 3 is 2.92 bits per heavy atom. The summed E-state index contributed by atoms with van der Waals surface area (Å²) < 4.78 is 7.70. The van der Waals surface area contributed by atoms with Gasteiger partial charge in [0.1, 0.15) is 0 Å². The molecule has 0 aliphatic carbocycles. The van der Waals surface area contributed by atoms with Crippen LogP contribution in [-0.2, 0) is 11.3 Å². The fourth-order valence-corrected chi connectivity index (χ4v) is 4.07. The van der Waals surface area contributed by atoms with Crippen molar-refractivity contribution in [2.24, 2.45) is 0 Å². The molecule has 3 aromatic rings. The molecule has 1 N–H and O–H groups in total. The molecule has 0 unspecified atom stereocenters. The molecule has 3 rings (SSSR count). The molecule has 2 aromatic heterocycles. The summed E-state index contributed by atoms with van der Waals surface area (Å²) in [6, 6.07) is 11.7. The highest BCUT2D eigenvalue weighted by Crippen LogP contribution is 2.29. The normalized spacial score (nSPS) is 11.0. The summed E-state index contributed by atoms with van der Waals surface area (Å²) in [7, 11) is 0. The van der Waals surface area contributed by atoms with Gasteiger partial charge in [-0.2, -0.15) is 0 Å². The van der Waals surface area contributed by atoms with Crippen molar-refractivity contribution in [1.29, 1.82) is 0 Å². The minimum Gasteiger partial charge on any atom is -0.475 e. The Kier molecular flexibility index (Phi) is 5.88. The second-order valence-corrected chi connectivity index (χ2v) is 7.90. The van der Waals surface area contributed by atoms with Gasteiger partial charge in [-0.3, -0.25) is 4.79 Å². The lowest BCUT2D eigenvalue weighted by Gasteiger charge is -2.13. The standard InChI is InChI=1S/C18H19N3O2S2/c1-12(2)23-17-13(6-5-9-19-17)10-20-16(22)11-24-18-21-14-7-3-4-8-15(14)25-18/h3-9,12H,10-11H2,1-2H3,(H,20,22). The molecular weight excluding hydrogens is 354 g/mol. The van der Waals surface area contributed by atoms with E-state index in [0.717, 1.165) is 20.1 Å². The van der Waals surface area contributed by atoms with Gasteiger partial charge in [0.25, 0.3) is 0 Å². The van der Waals surface area contributed by atoms with Crippen molar-refractivity contribution in [2.45, 2.75) is 30.8 Å². The zero-order chi connectivity index (χ0) is 17.6. The number of hydrogen-bond donors (Lipinski definition) is 1. The fourth-order valence-electron chi connectivity index (χ4n) is 2.17. The van der Waals surface area contributed by atoms with E-state index in [2.05, 4.69) is 15.3 Å². The fraction of sp³-hybridized carbons (Fsp3) is 0.278. The molecule has 25 heavy (non-hydrogen) atoms. The van der Waals surface area contributed by atoms with Gasteiger partial charge in [0.05, 0.1) is 22.1 Å². The van der Waals surface area contributed by atoms with Crippen LogP contribution in [0.15, 0.2) is 46.9 Å². The van der Waals surface area contributed by atoms with Crippen molar-refractivity contribution in [3.8, 4) is 5.88 Å². The number of nitrogens with one attached hydrogen (secondary N) is 1. The van der Waals surface area contributed by atoms with Crippen LogP contribution in [0, 0.1) is 0 Å². The smallest absolute Gasteiger partial charge is 0.230 e. The summed E-state index contributed by atoms with van der Waals surface area (Å²) in [4.78, 5) is 20.9. The molecule has 0 radical (unpaired) electrons. The van der Waals surface area contributed by atoms with Gasteiger partial charge >= 0.3 is 0 Å². The first-order valence-corrected chi connectivity index (χ1v) is 9.77. The van der Waals surface area contributed by atoms with Crippen LogP contribution in [0.4, 0.5) is 0 Å². The van der Waals surface area contributed by atoms with Gasteiger partial charge in [-0.15, -0.1) is 11.3 Å². The number of rotatable bonds is 7. The molecule has 7 heteroatoms. The van der Waals surface area contributed by atoms with Crippen LogP contribution in [-0.4, -0.2) is 27.7 Å². The molecule has 0 saturated heterocycles. The van der Waals surface area contributed by atoms with E-state index >= 15 is 0 Å². The lowest BCUT2D eigenvalue weighted by atomic mass is 10.2. The van der Waals surface area contributed by atoms with Crippen molar-refractivity contribution < 1.29 is 9.53 Å². The van der Waals surface area contributed by atoms with Crippen LogP contribution in [0.25, 0.3) is 10.2 Å². The third-order valence-electron chi connectivity index (χ3n) is 3.27. The Labute approximate surface area is 154 Å². The highest BCUT2D eigenvalue weighted by Gasteiger charge is 2.10. The molecule has 0 aliphatic heterocycles. The van der Waals surface area contributed by atoms with E-state index in [1.165, 1.54) is 11.8 Å². The number of amides is 1. The van der Waals surface area contributed by atoms with Crippen molar-refractivity contribution in [2.75, 3.05) is 5.75 Å². The molecule has 2 heterocycles. The van der Waals surface area contributed by atoms with Crippen LogP contribution in [0.2, 0.25) is 0 Å². The third-order valence-corrected chi connectivity index (χ3v) is 5.45. The Balaban J connectivity index is 1.53. The summed E-state index contributed by atoms with van der Waals surface area (Å²) in [5.41, 5.74) is 1.84. The Morgan fingerprint density at radius 1 is 1.28 bits per heavy atom. The molecule has 0 aliphatic rings. The first-order chi connectivity index (χ1) is 12.1. The van der Waals surface area contributed by atoms with Gasteiger partial charge in [-0.1, -0.05) is 30.0 Å². The zero-order valence-corrected chi connectivity index (χ0v) is 15.7. The number of para-hydroxylation sites is 1. The number of nitrogens with zero attached hydrogens (tertiary/aromatic N) is 2.